The highest BCUT2D eigenvalue weighted by atomic mass is 35.6. The summed E-state index contributed by atoms with van der Waals surface area (Å²) in [5.41, 5.74) is 0.104. The van der Waals surface area contributed by atoms with E-state index in [2.05, 4.69) is 58.8 Å². The van der Waals surface area contributed by atoms with Crippen LogP contribution in [0.25, 0.3) is 0 Å². The van der Waals surface area contributed by atoms with E-state index in [0.29, 0.717) is 13.0 Å². The molecule has 4 atom stereocenters. The van der Waals surface area contributed by atoms with Crippen LogP contribution in [0.1, 0.15) is 48.0 Å². The molecule has 5 nitrogen and oxygen atoms in total. The molecule has 1 aliphatic heterocycles. The lowest BCUT2D eigenvalue weighted by atomic mass is 9.69. The zero-order valence-corrected chi connectivity index (χ0v) is 23.0. The molecule has 1 saturated heterocycles. The summed E-state index contributed by atoms with van der Waals surface area (Å²) in [6.07, 6.45) is 3.64. The predicted molar refractivity (Wildman–Crippen MR) is 130 cm³/mol. The normalized spacial score (nSPS) is 31.8. The standard InChI is InChI=1S/C22H36Cl3NO4Si/c1-10-21(26-18(27)22(23,24)25)15(16-13-28-20(6,7)29-16)11-14(2)12-17(21)30-31(8,9)19(3,4)5/h10,12,15-17H,1,11,13H2,2-9H3,(H,26,27)/t15?,16-,17+,21-/m1/s1. The number of hydrogen-bond donors (Lipinski definition) is 1. The molecule has 31 heavy (non-hydrogen) atoms. The molecule has 1 N–H and O–H groups in total. The second-order valence-electron chi connectivity index (χ2n) is 10.6. The van der Waals surface area contributed by atoms with Crippen molar-refractivity contribution in [2.75, 3.05) is 6.61 Å². The van der Waals surface area contributed by atoms with Gasteiger partial charge < -0.3 is 19.2 Å². The summed E-state index contributed by atoms with van der Waals surface area (Å²) >= 11 is 17.8. The van der Waals surface area contributed by atoms with Crippen molar-refractivity contribution in [2.45, 2.75) is 93.4 Å². The van der Waals surface area contributed by atoms with Crippen LogP contribution >= 0.6 is 34.8 Å². The third-order valence-corrected chi connectivity index (χ3v) is 11.7. The highest BCUT2D eigenvalue weighted by Crippen LogP contribution is 2.46. The lowest BCUT2D eigenvalue weighted by molar-refractivity contribution is -0.151. The third-order valence-electron chi connectivity index (χ3n) is 6.69. The van der Waals surface area contributed by atoms with E-state index in [1.807, 2.05) is 13.8 Å². The van der Waals surface area contributed by atoms with Crippen molar-refractivity contribution in [3.63, 3.8) is 0 Å². The Morgan fingerprint density at radius 2 is 1.90 bits per heavy atom. The Balaban J connectivity index is 2.58. The second kappa shape index (κ2) is 8.93. The van der Waals surface area contributed by atoms with Gasteiger partial charge in [-0.05, 0) is 45.3 Å². The van der Waals surface area contributed by atoms with E-state index in [-0.39, 0.29) is 17.1 Å². The lowest BCUT2D eigenvalue weighted by Crippen LogP contribution is -2.67. The Bertz CT molecular complexity index is 742. The minimum atomic E-state index is -2.24. The Morgan fingerprint density at radius 3 is 2.32 bits per heavy atom. The van der Waals surface area contributed by atoms with Crippen LogP contribution in [0.5, 0.6) is 0 Å². The summed E-state index contributed by atoms with van der Waals surface area (Å²) in [6, 6.07) is 0. The van der Waals surface area contributed by atoms with Crippen molar-refractivity contribution in [3.8, 4) is 0 Å². The molecule has 1 unspecified atom stereocenters. The Morgan fingerprint density at radius 1 is 1.32 bits per heavy atom. The lowest BCUT2D eigenvalue weighted by Gasteiger charge is -2.52. The molecule has 0 saturated carbocycles. The number of rotatable bonds is 5. The summed E-state index contributed by atoms with van der Waals surface area (Å²) in [5.74, 6) is -1.66. The van der Waals surface area contributed by atoms with Gasteiger partial charge in [-0.1, -0.05) is 73.3 Å². The maximum Gasteiger partial charge on any atom is 0.272 e. The molecule has 9 heteroatoms. The van der Waals surface area contributed by atoms with Gasteiger partial charge in [-0.2, -0.15) is 0 Å². The predicted octanol–water partition coefficient (Wildman–Crippen LogP) is 5.91. The monoisotopic (exact) mass is 511 g/mol. The largest absolute Gasteiger partial charge is 0.408 e. The van der Waals surface area contributed by atoms with Crippen molar-refractivity contribution in [1.29, 1.82) is 0 Å². The van der Waals surface area contributed by atoms with Crippen molar-refractivity contribution < 1.29 is 18.7 Å². The van der Waals surface area contributed by atoms with E-state index in [0.717, 1.165) is 5.57 Å². The number of amides is 1. The van der Waals surface area contributed by atoms with E-state index >= 15 is 0 Å². The molecule has 0 aromatic rings. The van der Waals surface area contributed by atoms with Crippen molar-refractivity contribution >= 4 is 49.0 Å². The first-order valence-corrected chi connectivity index (χ1v) is 14.6. The molecule has 2 rings (SSSR count). The van der Waals surface area contributed by atoms with Crippen molar-refractivity contribution in [3.05, 3.63) is 24.3 Å². The summed E-state index contributed by atoms with van der Waals surface area (Å²) in [5, 5.41) is 2.95. The third kappa shape index (κ3) is 5.89. The fourth-order valence-electron chi connectivity index (χ4n) is 3.92. The van der Waals surface area contributed by atoms with Gasteiger partial charge in [0.25, 0.3) is 9.70 Å². The van der Waals surface area contributed by atoms with Gasteiger partial charge in [-0.3, -0.25) is 4.79 Å². The fourth-order valence-corrected chi connectivity index (χ4v) is 5.31. The van der Waals surface area contributed by atoms with Gasteiger partial charge in [0.05, 0.1) is 24.4 Å². The molecule has 0 spiro atoms. The highest BCUT2D eigenvalue weighted by Gasteiger charge is 2.56. The fraction of sp³-hybridized carbons (Fsp3) is 0.773. The number of allylic oxidation sites excluding steroid dienone is 1. The van der Waals surface area contributed by atoms with Gasteiger partial charge in [0.1, 0.15) is 0 Å². The smallest absolute Gasteiger partial charge is 0.272 e. The van der Waals surface area contributed by atoms with Gasteiger partial charge in [0.2, 0.25) is 0 Å². The molecule has 0 aromatic carbocycles. The highest BCUT2D eigenvalue weighted by molar-refractivity contribution is 6.76. The van der Waals surface area contributed by atoms with Crippen LogP contribution in [0.3, 0.4) is 0 Å². The number of ether oxygens (including phenoxy) is 2. The molecular weight excluding hydrogens is 477 g/mol. The molecule has 1 aliphatic carbocycles. The Labute approximate surface area is 202 Å². The molecular formula is C22H36Cl3NO4Si. The van der Waals surface area contributed by atoms with E-state index < -0.39 is 35.4 Å². The maximum atomic E-state index is 12.9. The minimum absolute atomic E-state index is 0.0389. The molecule has 1 heterocycles. The first-order chi connectivity index (χ1) is 13.8. The van der Waals surface area contributed by atoms with Crippen LogP contribution in [0.4, 0.5) is 0 Å². The van der Waals surface area contributed by atoms with E-state index in [9.17, 15) is 4.79 Å². The summed E-state index contributed by atoms with van der Waals surface area (Å²) in [6.45, 7) is 21.1. The second-order valence-corrected chi connectivity index (χ2v) is 17.6. The Kier molecular flexibility index (Phi) is 7.83. The van der Waals surface area contributed by atoms with Gasteiger partial charge in [-0.15, -0.1) is 6.58 Å². The van der Waals surface area contributed by atoms with Gasteiger partial charge >= 0.3 is 0 Å². The number of alkyl halides is 3. The van der Waals surface area contributed by atoms with Crippen LogP contribution in [0.15, 0.2) is 24.3 Å². The first-order valence-electron chi connectivity index (χ1n) is 10.5. The van der Waals surface area contributed by atoms with Gasteiger partial charge in [0.15, 0.2) is 14.1 Å². The van der Waals surface area contributed by atoms with E-state index in [1.165, 1.54) is 0 Å². The van der Waals surface area contributed by atoms with Crippen LogP contribution in [0, 0.1) is 5.92 Å². The van der Waals surface area contributed by atoms with Crippen LogP contribution in [0.2, 0.25) is 18.1 Å². The van der Waals surface area contributed by atoms with Crippen LogP contribution in [-0.4, -0.2) is 48.2 Å². The van der Waals surface area contributed by atoms with Crippen molar-refractivity contribution in [2.24, 2.45) is 5.92 Å². The first kappa shape index (κ1) is 27.2. The molecule has 0 aromatic heterocycles. The Hall–Kier alpha value is -0.0831. The van der Waals surface area contributed by atoms with Gasteiger partial charge in [0, 0.05) is 5.92 Å². The van der Waals surface area contributed by atoms with Gasteiger partial charge in [-0.25, -0.2) is 0 Å². The van der Waals surface area contributed by atoms with Crippen LogP contribution < -0.4 is 5.32 Å². The number of carbonyl (C=O) groups excluding carboxylic acids is 1. The zero-order valence-electron chi connectivity index (χ0n) is 19.8. The molecule has 178 valence electrons. The van der Waals surface area contributed by atoms with Crippen molar-refractivity contribution in [1.82, 2.24) is 5.32 Å². The number of carbonyl (C=O) groups is 1. The molecule has 2 aliphatic rings. The average molecular weight is 513 g/mol. The molecule has 1 amide bonds. The minimum Gasteiger partial charge on any atom is -0.408 e. The number of nitrogens with one attached hydrogen (secondary N) is 1. The maximum absolute atomic E-state index is 12.9. The molecule has 0 bridgehead atoms. The summed E-state index contributed by atoms with van der Waals surface area (Å²) in [4.78, 5) is 12.9. The number of halogens is 3. The van der Waals surface area contributed by atoms with E-state index in [4.69, 9.17) is 48.7 Å². The summed E-state index contributed by atoms with van der Waals surface area (Å²) < 4.78 is 16.8. The summed E-state index contributed by atoms with van der Waals surface area (Å²) in [7, 11) is -2.24. The zero-order chi connectivity index (χ0) is 24.0. The number of hydrogen-bond acceptors (Lipinski definition) is 4. The molecule has 0 radical (unpaired) electrons. The average Bonchev–Trinajstić information content (AvgIpc) is 2.94. The topological polar surface area (TPSA) is 56.8 Å². The molecule has 1 fully saturated rings. The quantitative estimate of drug-likeness (QED) is 0.283. The van der Waals surface area contributed by atoms with Crippen LogP contribution in [-0.2, 0) is 18.7 Å². The SMILES string of the molecule is C=C[C@@]1(NC(=O)C(Cl)(Cl)Cl)C([C@H]2COC(C)(C)O2)CC(C)=C[C@@H]1O[Si](C)(C)C(C)(C)C. The van der Waals surface area contributed by atoms with E-state index in [1.54, 1.807) is 6.08 Å².